The van der Waals surface area contributed by atoms with Crippen LogP contribution in [0.2, 0.25) is 0 Å². The van der Waals surface area contributed by atoms with Crippen molar-refractivity contribution in [2.75, 3.05) is 10.6 Å². The summed E-state index contributed by atoms with van der Waals surface area (Å²) in [4.78, 5) is 26.3. The number of hydrogen-bond acceptors (Lipinski definition) is 3. The van der Waals surface area contributed by atoms with E-state index < -0.39 is 11.9 Å². The summed E-state index contributed by atoms with van der Waals surface area (Å²) in [5.41, 5.74) is 0.851. The number of nitrogens with zero attached hydrogens (tertiary/aromatic N) is 1. The minimum absolute atomic E-state index is 0.141. The molecule has 0 bridgehead atoms. The van der Waals surface area contributed by atoms with E-state index in [2.05, 4.69) is 15.6 Å². The first-order chi connectivity index (χ1) is 9.56. The van der Waals surface area contributed by atoms with Crippen molar-refractivity contribution in [3.8, 4) is 0 Å². The van der Waals surface area contributed by atoms with Crippen molar-refractivity contribution in [2.45, 2.75) is 6.92 Å². The lowest BCUT2D eigenvalue weighted by molar-refractivity contribution is -0.114. The lowest BCUT2D eigenvalue weighted by atomic mass is 10.2. The molecular formula is C14H12FN3O2. The van der Waals surface area contributed by atoms with E-state index in [0.29, 0.717) is 11.4 Å². The van der Waals surface area contributed by atoms with Gasteiger partial charge in [0.15, 0.2) is 0 Å². The molecule has 2 N–H and O–H groups in total. The highest BCUT2D eigenvalue weighted by Crippen LogP contribution is 2.16. The molecule has 0 saturated heterocycles. The summed E-state index contributed by atoms with van der Waals surface area (Å²) < 4.78 is 13.4. The Morgan fingerprint density at radius 3 is 2.45 bits per heavy atom. The minimum atomic E-state index is -0.831. The molecule has 0 unspecified atom stereocenters. The van der Waals surface area contributed by atoms with Crippen LogP contribution >= 0.6 is 0 Å². The van der Waals surface area contributed by atoms with Gasteiger partial charge in [-0.25, -0.2) is 4.98 Å². The number of aromatic nitrogens is 1. The molecule has 0 radical (unpaired) electrons. The third kappa shape index (κ3) is 3.38. The Kier molecular flexibility index (Phi) is 4.05. The van der Waals surface area contributed by atoms with Gasteiger partial charge >= 0.3 is 0 Å². The third-order valence-corrected chi connectivity index (χ3v) is 2.44. The number of pyridine rings is 1. The second kappa shape index (κ2) is 5.92. The van der Waals surface area contributed by atoms with Crippen LogP contribution in [0.4, 0.5) is 15.8 Å². The Hall–Kier alpha value is -2.76. The van der Waals surface area contributed by atoms with Crippen LogP contribution in [0, 0.1) is 5.95 Å². The highest BCUT2D eigenvalue weighted by molar-refractivity contribution is 6.04. The molecule has 0 aliphatic heterocycles. The molecule has 0 fully saturated rings. The van der Waals surface area contributed by atoms with Crippen LogP contribution in [-0.2, 0) is 4.79 Å². The second-order valence-electron chi connectivity index (χ2n) is 4.06. The number of hydrogen-bond donors (Lipinski definition) is 2. The summed E-state index contributed by atoms with van der Waals surface area (Å²) in [6.45, 7) is 1.39. The van der Waals surface area contributed by atoms with E-state index >= 15 is 0 Å². The predicted molar refractivity (Wildman–Crippen MR) is 72.9 cm³/mol. The number of benzene rings is 1. The molecule has 0 spiro atoms. The van der Waals surface area contributed by atoms with Crippen molar-refractivity contribution in [3.63, 3.8) is 0 Å². The first-order valence-corrected chi connectivity index (χ1v) is 5.86. The number of amides is 2. The molecule has 20 heavy (non-hydrogen) atoms. The van der Waals surface area contributed by atoms with E-state index in [1.165, 1.54) is 25.3 Å². The largest absolute Gasteiger partial charge is 0.326 e. The van der Waals surface area contributed by atoms with E-state index in [0.717, 1.165) is 0 Å². The molecule has 5 nitrogen and oxygen atoms in total. The average Bonchev–Trinajstić information content (AvgIpc) is 2.38. The van der Waals surface area contributed by atoms with Crippen molar-refractivity contribution < 1.29 is 14.0 Å². The molecule has 0 saturated carbocycles. The molecule has 1 aromatic carbocycles. The Labute approximate surface area is 114 Å². The zero-order valence-electron chi connectivity index (χ0n) is 10.7. The molecule has 1 aromatic heterocycles. The van der Waals surface area contributed by atoms with Crippen molar-refractivity contribution in [3.05, 3.63) is 54.1 Å². The van der Waals surface area contributed by atoms with Gasteiger partial charge < -0.3 is 10.6 Å². The Morgan fingerprint density at radius 1 is 1.10 bits per heavy atom. The fourth-order valence-electron chi connectivity index (χ4n) is 1.63. The first kappa shape index (κ1) is 13.7. The molecule has 6 heteroatoms. The Balaban J connectivity index is 2.16. The van der Waals surface area contributed by atoms with E-state index in [1.807, 2.05) is 0 Å². The van der Waals surface area contributed by atoms with Crippen LogP contribution in [0.15, 0.2) is 42.6 Å². The van der Waals surface area contributed by atoms with Gasteiger partial charge in [-0.15, -0.1) is 0 Å². The highest BCUT2D eigenvalue weighted by Gasteiger charge is 2.12. The number of rotatable bonds is 3. The summed E-state index contributed by atoms with van der Waals surface area (Å²) in [6.07, 6.45) is 1.27. The zero-order valence-corrected chi connectivity index (χ0v) is 10.7. The number of anilines is 2. The topological polar surface area (TPSA) is 71.1 Å². The van der Waals surface area contributed by atoms with Crippen LogP contribution in [0.3, 0.4) is 0 Å². The van der Waals surface area contributed by atoms with E-state index in [9.17, 15) is 14.0 Å². The van der Waals surface area contributed by atoms with E-state index in [-0.39, 0.29) is 11.5 Å². The molecule has 0 aliphatic carbocycles. The van der Waals surface area contributed by atoms with Crippen LogP contribution in [0.25, 0.3) is 0 Å². The molecular weight excluding hydrogens is 261 g/mol. The molecule has 0 atom stereocenters. The third-order valence-electron chi connectivity index (χ3n) is 2.44. The average molecular weight is 273 g/mol. The van der Waals surface area contributed by atoms with Gasteiger partial charge in [0, 0.05) is 24.5 Å². The van der Waals surface area contributed by atoms with Crippen LogP contribution in [0.5, 0.6) is 0 Å². The van der Waals surface area contributed by atoms with Crippen molar-refractivity contribution >= 4 is 23.2 Å². The van der Waals surface area contributed by atoms with Crippen molar-refractivity contribution in [1.29, 1.82) is 0 Å². The summed E-state index contributed by atoms with van der Waals surface area (Å²) in [5, 5.41) is 5.14. The maximum Gasteiger partial charge on any atom is 0.260 e. The van der Waals surface area contributed by atoms with Gasteiger partial charge in [-0.2, -0.15) is 4.39 Å². The summed E-state index contributed by atoms with van der Waals surface area (Å²) in [7, 11) is 0. The summed E-state index contributed by atoms with van der Waals surface area (Å²) in [5.74, 6) is -1.65. The zero-order chi connectivity index (χ0) is 14.5. The lowest BCUT2D eigenvalue weighted by Gasteiger charge is -2.08. The predicted octanol–water partition coefficient (Wildman–Crippen LogP) is 2.43. The van der Waals surface area contributed by atoms with Crippen LogP contribution in [-0.4, -0.2) is 16.8 Å². The molecule has 102 valence electrons. The fourth-order valence-corrected chi connectivity index (χ4v) is 1.63. The molecule has 2 amide bonds. The van der Waals surface area contributed by atoms with Crippen LogP contribution < -0.4 is 10.6 Å². The molecule has 2 rings (SSSR count). The molecule has 2 aromatic rings. The second-order valence-corrected chi connectivity index (χ2v) is 4.06. The maximum absolute atomic E-state index is 13.4. The van der Waals surface area contributed by atoms with E-state index in [4.69, 9.17) is 0 Å². The number of halogens is 1. The van der Waals surface area contributed by atoms with Crippen LogP contribution in [0.1, 0.15) is 17.3 Å². The van der Waals surface area contributed by atoms with Crippen molar-refractivity contribution in [2.24, 2.45) is 0 Å². The van der Waals surface area contributed by atoms with Gasteiger partial charge in [-0.1, -0.05) is 6.07 Å². The monoisotopic (exact) mass is 273 g/mol. The van der Waals surface area contributed by atoms with Crippen molar-refractivity contribution in [1.82, 2.24) is 4.98 Å². The standard InChI is InChI=1S/C14H12FN3O2/c1-9(19)17-10-4-2-5-11(8-10)18-14(20)12-6-3-7-16-13(12)15/h2-8H,1H3,(H,17,19)(H,18,20). The minimum Gasteiger partial charge on any atom is -0.326 e. The Bertz CT molecular complexity index is 658. The number of carbonyl (C=O) groups is 2. The smallest absolute Gasteiger partial charge is 0.260 e. The van der Waals surface area contributed by atoms with Gasteiger partial charge in [0.05, 0.1) is 5.56 Å². The van der Waals surface area contributed by atoms with Gasteiger partial charge in [0.25, 0.3) is 5.91 Å². The van der Waals surface area contributed by atoms with Gasteiger partial charge in [0.1, 0.15) is 0 Å². The maximum atomic E-state index is 13.4. The fraction of sp³-hybridized carbons (Fsp3) is 0.0714. The lowest BCUT2D eigenvalue weighted by Crippen LogP contribution is -2.14. The van der Waals surface area contributed by atoms with Gasteiger partial charge in [-0.05, 0) is 30.3 Å². The first-order valence-electron chi connectivity index (χ1n) is 5.86. The van der Waals surface area contributed by atoms with Gasteiger partial charge in [-0.3, -0.25) is 9.59 Å². The quantitative estimate of drug-likeness (QED) is 0.844. The molecule has 1 heterocycles. The number of nitrogens with one attached hydrogen (secondary N) is 2. The molecule has 0 aliphatic rings. The summed E-state index contributed by atoms with van der Waals surface area (Å²) in [6, 6.07) is 9.38. The normalized spacial score (nSPS) is 9.90. The number of carbonyl (C=O) groups excluding carboxylic acids is 2. The Morgan fingerprint density at radius 2 is 1.80 bits per heavy atom. The highest BCUT2D eigenvalue weighted by atomic mass is 19.1. The van der Waals surface area contributed by atoms with Gasteiger partial charge in [0.2, 0.25) is 11.9 Å². The van der Waals surface area contributed by atoms with E-state index in [1.54, 1.807) is 24.3 Å². The SMILES string of the molecule is CC(=O)Nc1cccc(NC(=O)c2cccnc2F)c1. The summed E-state index contributed by atoms with van der Waals surface area (Å²) >= 11 is 0.